The lowest BCUT2D eigenvalue weighted by molar-refractivity contribution is 0.0981. The highest BCUT2D eigenvalue weighted by Gasteiger charge is 2.24. The number of carbonyl (C=O) groups is 1. The van der Waals surface area contributed by atoms with Gasteiger partial charge in [-0.15, -0.1) is 0 Å². The Morgan fingerprint density at radius 2 is 2.45 bits per heavy atom. The lowest BCUT2D eigenvalue weighted by atomic mass is 10.1. The Kier molecular flexibility index (Phi) is 1.49. The van der Waals surface area contributed by atoms with Gasteiger partial charge in [0.15, 0.2) is 5.78 Å². The van der Waals surface area contributed by atoms with Crippen LogP contribution in [0.1, 0.15) is 16.8 Å². The van der Waals surface area contributed by atoms with Gasteiger partial charge in [-0.3, -0.25) is 8.72 Å². The smallest absolute Gasteiger partial charge is 0.216 e. The van der Waals surface area contributed by atoms with E-state index in [0.29, 0.717) is 24.4 Å². The third kappa shape index (κ3) is 0.976. The molecule has 0 saturated heterocycles. The van der Waals surface area contributed by atoms with E-state index < -0.39 is 0 Å². The molecule has 0 saturated carbocycles. The topological polar surface area (TPSA) is 33.5 Å². The Morgan fingerprint density at radius 3 is 3.18 bits per heavy atom. The average Bonchev–Trinajstić information content (AvgIpc) is 2.45. The lowest BCUT2D eigenvalue weighted by Crippen LogP contribution is -2.21. The Hall–Kier alpha value is -0.770. The SMILES string of the molecule is O=C1CCN(Br)c2occc21. The van der Waals surface area contributed by atoms with Crippen LogP contribution in [-0.4, -0.2) is 12.3 Å². The van der Waals surface area contributed by atoms with Crippen LogP contribution in [0.15, 0.2) is 16.7 Å². The molecule has 11 heavy (non-hydrogen) atoms. The highest BCUT2D eigenvalue weighted by atomic mass is 79.9. The van der Waals surface area contributed by atoms with Crippen LogP contribution in [0.5, 0.6) is 0 Å². The summed E-state index contributed by atoms with van der Waals surface area (Å²) >= 11 is 3.28. The average molecular weight is 216 g/mol. The van der Waals surface area contributed by atoms with Crippen molar-refractivity contribution < 1.29 is 9.21 Å². The Morgan fingerprint density at radius 1 is 1.64 bits per heavy atom. The van der Waals surface area contributed by atoms with Crippen molar-refractivity contribution in [2.75, 3.05) is 10.5 Å². The molecule has 1 aromatic rings. The monoisotopic (exact) mass is 215 g/mol. The second-order valence-corrected chi connectivity index (χ2v) is 3.25. The summed E-state index contributed by atoms with van der Waals surface area (Å²) in [5, 5.41) is 0. The fraction of sp³-hybridized carbons (Fsp3) is 0.286. The van der Waals surface area contributed by atoms with Gasteiger partial charge in [0.2, 0.25) is 5.88 Å². The number of Topliss-reactive ketones (excluding diaryl/α,β-unsaturated/α-hetero) is 1. The first kappa shape index (κ1) is 6.91. The minimum absolute atomic E-state index is 0.157. The molecule has 2 rings (SSSR count). The number of nitrogens with zero attached hydrogens (tertiary/aromatic N) is 1. The van der Waals surface area contributed by atoms with Gasteiger partial charge in [-0.25, -0.2) is 0 Å². The van der Waals surface area contributed by atoms with Crippen LogP contribution < -0.4 is 3.93 Å². The Balaban J connectivity index is 2.51. The molecule has 4 heteroatoms. The molecule has 0 aromatic carbocycles. The van der Waals surface area contributed by atoms with Crippen molar-refractivity contribution in [2.24, 2.45) is 0 Å². The molecular weight excluding hydrogens is 210 g/mol. The number of ketones is 1. The molecule has 0 aliphatic carbocycles. The molecule has 0 radical (unpaired) electrons. The van der Waals surface area contributed by atoms with Gasteiger partial charge in [-0.05, 0) is 6.07 Å². The predicted molar refractivity (Wildman–Crippen MR) is 43.9 cm³/mol. The fourth-order valence-electron chi connectivity index (χ4n) is 1.14. The summed E-state index contributed by atoms with van der Waals surface area (Å²) in [5.41, 5.74) is 0.674. The summed E-state index contributed by atoms with van der Waals surface area (Å²) < 4.78 is 6.86. The molecule has 1 aliphatic heterocycles. The summed E-state index contributed by atoms with van der Waals surface area (Å²) in [7, 11) is 0. The molecule has 0 N–H and O–H groups in total. The van der Waals surface area contributed by atoms with Crippen LogP contribution in [0.25, 0.3) is 0 Å². The molecule has 0 unspecified atom stereocenters. The second-order valence-electron chi connectivity index (χ2n) is 2.40. The molecule has 1 aromatic heterocycles. The van der Waals surface area contributed by atoms with Crippen molar-refractivity contribution >= 4 is 27.8 Å². The zero-order chi connectivity index (χ0) is 7.84. The van der Waals surface area contributed by atoms with Crippen LogP contribution >= 0.6 is 16.1 Å². The van der Waals surface area contributed by atoms with E-state index in [9.17, 15) is 4.79 Å². The number of halogens is 1. The zero-order valence-corrected chi connectivity index (χ0v) is 7.30. The summed E-state index contributed by atoms with van der Waals surface area (Å²) in [6.07, 6.45) is 2.08. The molecule has 2 heterocycles. The molecule has 1 aliphatic rings. The normalized spacial score (nSPS) is 16.8. The quantitative estimate of drug-likeness (QED) is 0.621. The standard InChI is InChI=1S/C7H6BrNO2/c8-9-3-1-6(10)5-2-4-11-7(5)9/h2,4H,1,3H2. The van der Waals surface area contributed by atoms with Crippen molar-refractivity contribution in [3.8, 4) is 0 Å². The van der Waals surface area contributed by atoms with Gasteiger partial charge >= 0.3 is 0 Å². The number of rotatable bonds is 0. The van der Waals surface area contributed by atoms with Gasteiger partial charge in [0.1, 0.15) is 0 Å². The van der Waals surface area contributed by atoms with Crippen molar-refractivity contribution in [2.45, 2.75) is 6.42 Å². The zero-order valence-electron chi connectivity index (χ0n) is 5.71. The van der Waals surface area contributed by atoms with E-state index in [1.54, 1.807) is 9.99 Å². The molecule has 0 spiro atoms. The van der Waals surface area contributed by atoms with Crippen LogP contribution in [0, 0.1) is 0 Å². The number of hydrogen-bond donors (Lipinski definition) is 0. The van der Waals surface area contributed by atoms with Crippen LogP contribution in [0.2, 0.25) is 0 Å². The van der Waals surface area contributed by atoms with Gasteiger partial charge in [-0.1, -0.05) is 0 Å². The van der Waals surface area contributed by atoms with Gasteiger partial charge in [0.05, 0.1) is 28.0 Å². The first-order valence-corrected chi connectivity index (χ1v) is 4.04. The minimum Gasteiger partial charge on any atom is -0.447 e. The number of fused-ring (bicyclic) bond motifs is 1. The molecule has 0 atom stereocenters. The van der Waals surface area contributed by atoms with Crippen molar-refractivity contribution in [3.05, 3.63) is 17.9 Å². The maximum Gasteiger partial charge on any atom is 0.216 e. The lowest BCUT2D eigenvalue weighted by Gasteiger charge is -2.18. The number of furan rings is 1. The molecule has 3 nitrogen and oxygen atoms in total. The largest absolute Gasteiger partial charge is 0.447 e. The summed E-state index contributed by atoms with van der Waals surface area (Å²) in [5.74, 6) is 0.783. The second kappa shape index (κ2) is 2.37. The molecule has 0 bridgehead atoms. The van der Waals surface area contributed by atoms with E-state index in [0.717, 1.165) is 0 Å². The maximum atomic E-state index is 11.2. The molecule has 0 fully saturated rings. The number of anilines is 1. The van der Waals surface area contributed by atoms with E-state index in [4.69, 9.17) is 4.42 Å². The van der Waals surface area contributed by atoms with Crippen molar-refractivity contribution in [1.82, 2.24) is 0 Å². The summed E-state index contributed by atoms with van der Waals surface area (Å²) in [6, 6.07) is 1.70. The van der Waals surface area contributed by atoms with Crippen molar-refractivity contribution in [1.29, 1.82) is 0 Å². The van der Waals surface area contributed by atoms with Gasteiger partial charge < -0.3 is 4.42 Å². The van der Waals surface area contributed by atoms with Gasteiger partial charge in [0.25, 0.3) is 0 Å². The molecule has 58 valence electrons. The predicted octanol–water partition coefficient (Wildman–Crippen LogP) is 1.98. The Labute approximate surface area is 72.3 Å². The van der Waals surface area contributed by atoms with Crippen LogP contribution in [-0.2, 0) is 0 Å². The van der Waals surface area contributed by atoms with Crippen LogP contribution in [0.4, 0.5) is 5.88 Å². The third-order valence-corrected chi connectivity index (χ3v) is 2.38. The molecular formula is C7H6BrNO2. The third-order valence-electron chi connectivity index (χ3n) is 1.70. The van der Waals surface area contributed by atoms with E-state index in [2.05, 4.69) is 16.1 Å². The minimum atomic E-state index is 0.157. The van der Waals surface area contributed by atoms with E-state index in [-0.39, 0.29) is 5.78 Å². The van der Waals surface area contributed by atoms with E-state index in [1.165, 1.54) is 6.26 Å². The highest BCUT2D eigenvalue weighted by Crippen LogP contribution is 2.29. The summed E-state index contributed by atoms with van der Waals surface area (Å²) in [6.45, 7) is 0.680. The molecule has 0 amide bonds. The van der Waals surface area contributed by atoms with E-state index >= 15 is 0 Å². The van der Waals surface area contributed by atoms with E-state index in [1.807, 2.05) is 0 Å². The van der Waals surface area contributed by atoms with Crippen LogP contribution in [0.3, 0.4) is 0 Å². The number of hydrogen-bond acceptors (Lipinski definition) is 3. The number of carbonyl (C=O) groups excluding carboxylic acids is 1. The maximum absolute atomic E-state index is 11.2. The Bertz CT molecular complexity index is 294. The van der Waals surface area contributed by atoms with Crippen molar-refractivity contribution in [3.63, 3.8) is 0 Å². The van der Waals surface area contributed by atoms with Gasteiger partial charge in [0, 0.05) is 13.0 Å². The first-order chi connectivity index (χ1) is 5.29. The summed E-state index contributed by atoms with van der Waals surface area (Å²) in [4.78, 5) is 11.2. The highest BCUT2D eigenvalue weighted by molar-refractivity contribution is 9.10. The first-order valence-electron chi connectivity index (χ1n) is 3.33. The van der Waals surface area contributed by atoms with Gasteiger partial charge in [-0.2, -0.15) is 0 Å². The fourth-order valence-corrected chi connectivity index (χ4v) is 1.59.